The summed E-state index contributed by atoms with van der Waals surface area (Å²) >= 11 is 0. The van der Waals surface area contributed by atoms with E-state index in [-0.39, 0.29) is 0 Å². The molecular formula is C17H29N. The molecule has 1 aromatic carbocycles. The van der Waals surface area contributed by atoms with Crippen LogP contribution in [0.4, 0.5) is 0 Å². The molecule has 0 spiro atoms. The highest BCUT2D eigenvalue weighted by atomic mass is 14.8. The minimum atomic E-state index is 0.430. The Labute approximate surface area is 113 Å². The highest BCUT2D eigenvalue weighted by Gasteiger charge is 2.16. The lowest BCUT2D eigenvalue weighted by atomic mass is 9.83. The topological polar surface area (TPSA) is 12.0 Å². The fourth-order valence-electron chi connectivity index (χ4n) is 2.14. The largest absolute Gasteiger partial charge is 0.320 e. The molecule has 1 aromatic rings. The molecule has 1 nitrogen and oxygen atoms in total. The van der Waals surface area contributed by atoms with E-state index in [2.05, 4.69) is 57.3 Å². The molecule has 0 heterocycles. The first-order valence-electron chi connectivity index (χ1n) is 7.18. The van der Waals surface area contributed by atoms with Crippen LogP contribution in [0.2, 0.25) is 0 Å². The van der Waals surface area contributed by atoms with Crippen LogP contribution < -0.4 is 5.32 Å². The van der Waals surface area contributed by atoms with Crippen molar-refractivity contribution in [3.63, 3.8) is 0 Å². The van der Waals surface area contributed by atoms with Crippen molar-refractivity contribution in [2.75, 3.05) is 13.6 Å². The molecule has 1 heteroatoms. The summed E-state index contributed by atoms with van der Waals surface area (Å²) in [6.07, 6.45) is 3.69. The van der Waals surface area contributed by atoms with Crippen molar-refractivity contribution in [3.05, 3.63) is 35.4 Å². The first-order valence-corrected chi connectivity index (χ1v) is 7.18. The average Bonchev–Trinajstić information content (AvgIpc) is 2.35. The van der Waals surface area contributed by atoms with Gasteiger partial charge in [0.25, 0.3) is 0 Å². The van der Waals surface area contributed by atoms with Crippen molar-refractivity contribution >= 4 is 0 Å². The van der Waals surface area contributed by atoms with Crippen LogP contribution in [0, 0.1) is 5.41 Å². The molecular weight excluding hydrogens is 218 g/mol. The quantitative estimate of drug-likeness (QED) is 0.754. The molecule has 102 valence electrons. The molecule has 0 saturated carbocycles. The molecule has 0 aromatic heterocycles. The Balaban J connectivity index is 2.48. The fraction of sp³-hybridized carbons (Fsp3) is 0.647. The van der Waals surface area contributed by atoms with Crippen molar-refractivity contribution in [3.8, 4) is 0 Å². The van der Waals surface area contributed by atoms with Crippen LogP contribution in [-0.2, 0) is 6.42 Å². The van der Waals surface area contributed by atoms with Gasteiger partial charge in [-0.15, -0.1) is 0 Å². The van der Waals surface area contributed by atoms with E-state index in [1.54, 1.807) is 0 Å². The van der Waals surface area contributed by atoms with Crippen LogP contribution in [-0.4, -0.2) is 13.6 Å². The van der Waals surface area contributed by atoms with E-state index in [0.29, 0.717) is 11.3 Å². The second kappa shape index (κ2) is 6.94. The molecule has 0 amide bonds. The van der Waals surface area contributed by atoms with Gasteiger partial charge in [-0.3, -0.25) is 0 Å². The molecule has 0 aliphatic carbocycles. The Hall–Kier alpha value is -0.820. The number of nitrogens with one attached hydrogen (secondary N) is 1. The highest BCUT2D eigenvalue weighted by Crippen LogP contribution is 2.26. The highest BCUT2D eigenvalue weighted by molar-refractivity contribution is 5.24. The SMILES string of the molecule is CNCCC(C)(C)CCc1ccc(C(C)C)cc1. The Morgan fingerprint density at radius 2 is 1.67 bits per heavy atom. The summed E-state index contributed by atoms with van der Waals surface area (Å²) in [6, 6.07) is 9.15. The lowest BCUT2D eigenvalue weighted by molar-refractivity contribution is 0.305. The molecule has 0 aliphatic rings. The molecule has 0 atom stereocenters. The smallest absolute Gasteiger partial charge is 0.00468 e. The summed E-state index contributed by atoms with van der Waals surface area (Å²) in [7, 11) is 2.03. The number of hydrogen-bond donors (Lipinski definition) is 1. The lowest BCUT2D eigenvalue weighted by Gasteiger charge is -2.24. The maximum Gasteiger partial charge on any atom is -0.00468 e. The summed E-state index contributed by atoms with van der Waals surface area (Å²) in [5.74, 6) is 0.631. The van der Waals surface area contributed by atoms with Gasteiger partial charge in [0.05, 0.1) is 0 Å². The van der Waals surface area contributed by atoms with Crippen molar-refractivity contribution in [1.82, 2.24) is 5.32 Å². The van der Waals surface area contributed by atoms with E-state index in [4.69, 9.17) is 0 Å². The summed E-state index contributed by atoms with van der Waals surface area (Å²) in [5.41, 5.74) is 3.34. The van der Waals surface area contributed by atoms with Gasteiger partial charge in [-0.25, -0.2) is 0 Å². The van der Waals surface area contributed by atoms with Crippen LogP contribution in [0.15, 0.2) is 24.3 Å². The number of hydrogen-bond acceptors (Lipinski definition) is 1. The van der Waals surface area contributed by atoms with E-state index in [9.17, 15) is 0 Å². The first-order chi connectivity index (χ1) is 8.44. The molecule has 0 radical (unpaired) electrons. The summed E-state index contributed by atoms with van der Waals surface area (Å²) < 4.78 is 0. The minimum Gasteiger partial charge on any atom is -0.320 e. The molecule has 0 bridgehead atoms. The molecule has 1 N–H and O–H groups in total. The standard InChI is InChI=1S/C17H29N/c1-14(2)16-8-6-15(7-9-16)10-11-17(3,4)12-13-18-5/h6-9,14,18H,10-13H2,1-5H3. The van der Waals surface area contributed by atoms with Gasteiger partial charge in [-0.1, -0.05) is 52.0 Å². The van der Waals surface area contributed by atoms with Gasteiger partial charge in [0.2, 0.25) is 0 Å². The Morgan fingerprint density at radius 1 is 1.06 bits per heavy atom. The maximum absolute atomic E-state index is 3.24. The zero-order valence-electron chi connectivity index (χ0n) is 12.7. The monoisotopic (exact) mass is 247 g/mol. The molecule has 0 unspecified atom stereocenters. The van der Waals surface area contributed by atoms with Crippen molar-refractivity contribution in [2.24, 2.45) is 5.41 Å². The third-order valence-electron chi connectivity index (χ3n) is 3.79. The van der Waals surface area contributed by atoms with E-state index in [1.807, 2.05) is 7.05 Å². The maximum atomic E-state index is 3.24. The Bertz CT molecular complexity index is 335. The van der Waals surface area contributed by atoms with Gasteiger partial charge in [0.15, 0.2) is 0 Å². The fourth-order valence-corrected chi connectivity index (χ4v) is 2.14. The van der Waals surface area contributed by atoms with Crippen molar-refractivity contribution in [1.29, 1.82) is 0 Å². The van der Waals surface area contributed by atoms with E-state index < -0.39 is 0 Å². The number of benzene rings is 1. The van der Waals surface area contributed by atoms with Crippen molar-refractivity contribution < 1.29 is 0 Å². The molecule has 0 aliphatic heterocycles. The van der Waals surface area contributed by atoms with Crippen LogP contribution >= 0.6 is 0 Å². The predicted molar refractivity (Wildman–Crippen MR) is 81.2 cm³/mol. The molecule has 0 saturated heterocycles. The van der Waals surface area contributed by atoms with Gasteiger partial charge in [0.1, 0.15) is 0 Å². The summed E-state index contributed by atoms with van der Waals surface area (Å²) in [6.45, 7) is 10.3. The summed E-state index contributed by atoms with van der Waals surface area (Å²) in [4.78, 5) is 0. The number of rotatable bonds is 7. The lowest BCUT2D eigenvalue weighted by Crippen LogP contribution is -2.20. The van der Waals surface area contributed by atoms with E-state index in [0.717, 1.165) is 6.54 Å². The zero-order chi connectivity index (χ0) is 13.6. The summed E-state index contributed by atoms with van der Waals surface area (Å²) in [5, 5.41) is 3.24. The minimum absolute atomic E-state index is 0.430. The normalized spacial score (nSPS) is 12.1. The van der Waals surface area contributed by atoms with Crippen molar-refractivity contribution in [2.45, 2.75) is 52.9 Å². The molecule has 1 rings (SSSR count). The second-order valence-electron chi connectivity index (χ2n) is 6.41. The van der Waals surface area contributed by atoms with Crippen LogP contribution in [0.1, 0.15) is 57.6 Å². The average molecular weight is 247 g/mol. The Kier molecular flexibility index (Phi) is 5.87. The van der Waals surface area contributed by atoms with Gasteiger partial charge < -0.3 is 5.32 Å². The van der Waals surface area contributed by atoms with Crippen LogP contribution in [0.5, 0.6) is 0 Å². The first kappa shape index (κ1) is 15.2. The van der Waals surface area contributed by atoms with Crippen LogP contribution in [0.3, 0.4) is 0 Å². The predicted octanol–water partition coefficient (Wildman–Crippen LogP) is 4.38. The molecule has 18 heavy (non-hydrogen) atoms. The van der Waals surface area contributed by atoms with E-state index in [1.165, 1.54) is 30.4 Å². The zero-order valence-corrected chi connectivity index (χ0v) is 12.7. The van der Waals surface area contributed by atoms with Gasteiger partial charge >= 0.3 is 0 Å². The molecule has 0 fully saturated rings. The third kappa shape index (κ3) is 5.22. The van der Waals surface area contributed by atoms with Gasteiger partial charge in [0, 0.05) is 0 Å². The number of aryl methyl sites for hydroxylation is 1. The van der Waals surface area contributed by atoms with Crippen LogP contribution in [0.25, 0.3) is 0 Å². The van der Waals surface area contributed by atoms with E-state index >= 15 is 0 Å². The van der Waals surface area contributed by atoms with Gasteiger partial charge in [-0.2, -0.15) is 0 Å². The second-order valence-corrected chi connectivity index (χ2v) is 6.41. The third-order valence-corrected chi connectivity index (χ3v) is 3.79. The van der Waals surface area contributed by atoms with Gasteiger partial charge in [-0.05, 0) is 55.3 Å². The Morgan fingerprint density at radius 3 is 2.17 bits per heavy atom.